The van der Waals surface area contributed by atoms with Gasteiger partial charge in [-0.3, -0.25) is 4.79 Å². The molecule has 0 saturated carbocycles. The molecular weight excluding hydrogens is 268 g/mol. The van der Waals surface area contributed by atoms with Crippen LogP contribution in [0.15, 0.2) is 28.7 Å². The van der Waals surface area contributed by atoms with E-state index in [1.165, 1.54) is 0 Å². The van der Waals surface area contributed by atoms with E-state index in [0.29, 0.717) is 13.0 Å². The molecule has 4 heteroatoms. The second-order valence-electron chi connectivity index (χ2n) is 3.88. The summed E-state index contributed by atoms with van der Waals surface area (Å²) in [4.78, 5) is 11.4. The van der Waals surface area contributed by atoms with Gasteiger partial charge in [-0.15, -0.1) is 0 Å². The zero-order valence-electron chi connectivity index (χ0n) is 9.59. The van der Waals surface area contributed by atoms with Crippen molar-refractivity contribution >= 4 is 27.5 Å². The molecule has 1 aromatic rings. The molecule has 0 spiro atoms. The maximum Gasteiger partial charge on any atom is 0.221 e. The first kappa shape index (κ1) is 13.0. The van der Waals surface area contributed by atoms with Gasteiger partial charge in [-0.2, -0.15) is 0 Å². The minimum atomic E-state index is 0.0783. The van der Waals surface area contributed by atoms with Crippen molar-refractivity contribution in [2.75, 3.05) is 11.9 Å². The summed E-state index contributed by atoms with van der Waals surface area (Å²) in [7, 11) is 0. The van der Waals surface area contributed by atoms with E-state index in [1.807, 2.05) is 38.1 Å². The van der Waals surface area contributed by atoms with Crippen LogP contribution in [0.25, 0.3) is 0 Å². The highest BCUT2D eigenvalue weighted by molar-refractivity contribution is 9.10. The highest BCUT2D eigenvalue weighted by Gasteiger charge is 2.03. The van der Waals surface area contributed by atoms with Gasteiger partial charge in [0.1, 0.15) is 0 Å². The monoisotopic (exact) mass is 284 g/mol. The summed E-state index contributed by atoms with van der Waals surface area (Å²) in [5.74, 6) is 0.0783. The molecule has 16 heavy (non-hydrogen) atoms. The minimum absolute atomic E-state index is 0.0783. The number of nitrogens with one attached hydrogen (secondary N) is 2. The van der Waals surface area contributed by atoms with Crippen LogP contribution in [-0.2, 0) is 4.79 Å². The quantitative estimate of drug-likeness (QED) is 0.873. The van der Waals surface area contributed by atoms with Crippen LogP contribution < -0.4 is 10.6 Å². The largest absolute Gasteiger partial charge is 0.384 e. The normalized spacial score (nSPS) is 10.2. The summed E-state index contributed by atoms with van der Waals surface area (Å²) >= 11 is 3.44. The average molecular weight is 285 g/mol. The Kier molecular flexibility index (Phi) is 5.32. The Balaban J connectivity index is 2.31. The van der Waals surface area contributed by atoms with Crippen molar-refractivity contribution in [3.05, 3.63) is 28.7 Å². The fourth-order valence-corrected chi connectivity index (χ4v) is 1.73. The highest BCUT2D eigenvalue weighted by atomic mass is 79.9. The Morgan fingerprint density at radius 1 is 1.38 bits per heavy atom. The molecule has 88 valence electrons. The van der Waals surface area contributed by atoms with Crippen molar-refractivity contribution in [3.63, 3.8) is 0 Å². The van der Waals surface area contributed by atoms with Crippen molar-refractivity contribution in [1.29, 1.82) is 0 Å². The Morgan fingerprint density at radius 2 is 2.06 bits per heavy atom. The number of benzene rings is 1. The fourth-order valence-electron chi connectivity index (χ4n) is 1.31. The van der Waals surface area contributed by atoms with Crippen molar-refractivity contribution < 1.29 is 4.79 Å². The molecule has 0 radical (unpaired) electrons. The van der Waals surface area contributed by atoms with Gasteiger partial charge in [-0.1, -0.05) is 12.1 Å². The molecular formula is C12H17BrN2O. The van der Waals surface area contributed by atoms with E-state index in [1.54, 1.807) is 0 Å². The van der Waals surface area contributed by atoms with Crippen LogP contribution in [-0.4, -0.2) is 18.5 Å². The molecule has 0 unspecified atom stereocenters. The number of hydrogen-bond donors (Lipinski definition) is 2. The molecule has 1 rings (SSSR count). The molecule has 1 aromatic carbocycles. The number of halogens is 1. The third-order valence-corrected chi connectivity index (χ3v) is 2.68. The van der Waals surface area contributed by atoms with Gasteiger partial charge in [0, 0.05) is 29.2 Å². The molecule has 2 N–H and O–H groups in total. The third-order valence-electron chi connectivity index (χ3n) is 1.99. The standard InChI is InChI=1S/C12H17BrN2O/c1-9(2)15-12(16)7-8-14-11-6-4-3-5-10(11)13/h3-6,9,14H,7-8H2,1-2H3,(H,15,16). The molecule has 0 aliphatic carbocycles. The van der Waals surface area contributed by atoms with E-state index in [4.69, 9.17) is 0 Å². The van der Waals surface area contributed by atoms with E-state index < -0.39 is 0 Å². The predicted molar refractivity (Wildman–Crippen MR) is 70.5 cm³/mol. The van der Waals surface area contributed by atoms with Gasteiger partial charge in [0.2, 0.25) is 5.91 Å². The number of hydrogen-bond acceptors (Lipinski definition) is 2. The number of para-hydroxylation sites is 1. The van der Waals surface area contributed by atoms with E-state index in [0.717, 1.165) is 10.2 Å². The Bertz CT molecular complexity index is 353. The number of anilines is 1. The molecule has 3 nitrogen and oxygen atoms in total. The van der Waals surface area contributed by atoms with Gasteiger partial charge < -0.3 is 10.6 Å². The predicted octanol–water partition coefficient (Wildman–Crippen LogP) is 2.78. The van der Waals surface area contributed by atoms with Gasteiger partial charge in [-0.05, 0) is 41.9 Å². The molecule has 0 aliphatic heterocycles. The first-order valence-electron chi connectivity index (χ1n) is 5.37. The van der Waals surface area contributed by atoms with E-state index in [-0.39, 0.29) is 11.9 Å². The number of rotatable bonds is 5. The summed E-state index contributed by atoms with van der Waals surface area (Å²) in [5, 5.41) is 6.06. The Morgan fingerprint density at radius 3 is 2.69 bits per heavy atom. The lowest BCUT2D eigenvalue weighted by Gasteiger charge is -2.10. The third kappa shape index (κ3) is 4.66. The van der Waals surface area contributed by atoms with Crippen LogP contribution in [0.3, 0.4) is 0 Å². The van der Waals surface area contributed by atoms with E-state index in [9.17, 15) is 4.79 Å². The van der Waals surface area contributed by atoms with Gasteiger partial charge in [-0.25, -0.2) is 0 Å². The average Bonchev–Trinajstić information content (AvgIpc) is 2.19. The fraction of sp³-hybridized carbons (Fsp3) is 0.417. The summed E-state index contributed by atoms with van der Waals surface area (Å²) in [6.07, 6.45) is 0.486. The highest BCUT2D eigenvalue weighted by Crippen LogP contribution is 2.20. The first-order chi connectivity index (χ1) is 7.59. The zero-order chi connectivity index (χ0) is 12.0. The van der Waals surface area contributed by atoms with Crippen molar-refractivity contribution in [2.24, 2.45) is 0 Å². The van der Waals surface area contributed by atoms with Crippen LogP contribution in [0.1, 0.15) is 20.3 Å². The SMILES string of the molecule is CC(C)NC(=O)CCNc1ccccc1Br. The lowest BCUT2D eigenvalue weighted by Crippen LogP contribution is -2.31. The topological polar surface area (TPSA) is 41.1 Å². The minimum Gasteiger partial charge on any atom is -0.384 e. The second-order valence-corrected chi connectivity index (χ2v) is 4.73. The maximum absolute atomic E-state index is 11.4. The molecule has 0 aliphatic rings. The molecule has 0 atom stereocenters. The van der Waals surface area contributed by atoms with Gasteiger partial charge >= 0.3 is 0 Å². The van der Waals surface area contributed by atoms with Crippen LogP contribution >= 0.6 is 15.9 Å². The van der Waals surface area contributed by atoms with Crippen LogP contribution in [0.4, 0.5) is 5.69 Å². The number of amides is 1. The van der Waals surface area contributed by atoms with Crippen LogP contribution in [0.5, 0.6) is 0 Å². The lowest BCUT2D eigenvalue weighted by atomic mass is 10.3. The Labute approximate surface area is 105 Å². The molecule has 0 aromatic heterocycles. The van der Waals surface area contributed by atoms with E-state index in [2.05, 4.69) is 26.6 Å². The second kappa shape index (κ2) is 6.53. The molecule has 0 fully saturated rings. The van der Waals surface area contributed by atoms with Crippen molar-refractivity contribution in [3.8, 4) is 0 Å². The lowest BCUT2D eigenvalue weighted by molar-refractivity contribution is -0.121. The Hall–Kier alpha value is -1.03. The summed E-state index contributed by atoms with van der Waals surface area (Å²) in [6.45, 7) is 4.55. The molecule has 0 saturated heterocycles. The van der Waals surface area contributed by atoms with Crippen molar-refractivity contribution in [2.45, 2.75) is 26.3 Å². The summed E-state index contributed by atoms with van der Waals surface area (Å²) in [5.41, 5.74) is 1.01. The maximum atomic E-state index is 11.4. The van der Waals surface area contributed by atoms with Crippen LogP contribution in [0.2, 0.25) is 0 Å². The van der Waals surface area contributed by atoms with Crippen LogP contribution in [0, 0.1) is 0 Å². The van der Waals surface area contributed by atoms with Gasteiger partial charge in [0.15, 0.2) is 0 Å². The molecule has 0 heterocycles. The first-order valence-corrected chi connectivity index (χ1v) is 6.16. The smallest absolute Gasteiger partial charge is 0.221 e. The molecule has 0 bridgehead atoms. The van der Waals surface area contributed by atoms with Crippen molar-refractivity contribution in [1.82, 2.24) is 5.32 Å². The zero-order valence-corrected chi connectivity index (χ0v) is 11.2. The number of carbonyl (C=O) groups is 1. The summed E-state index contributed by atoms with van der Waals surface area (Å²) < 4.78 is 1.01. The number of carbonyl (C=O) groups excluding carboxylic acids is 1. The van der Waals surface area contributed by atoms with Gasteiger partial charge in [0.05, 0.1) is 0 Å². The summed E-state index contributed by atoms with van der Waals surface area (Å²) in [6, 6.07) is 8.07. The molecule has 1 amide bonds. The van der Waals surface area contributed by atoms with E-state index >= 15 is 0 Å². The van der Waals surface area contributed by atoms with Gasteiger partial charge in [0.25, 0.3) is 0 Å².